The molecular formula is C7H10N2O2. The number of piperidine rings is 1. The summed E-state index contributed by atoms with van der Waals surface area (Å²) in [5.41, 5.74) is -0.770. The van der Waals surface area contributed by atoms with Crippen molar-refractivity contribution in [3.63, 3.8) is 0 Å². The average molecular weight is 154 g/mol. The van der Waals surface area contributed by atoms with Gasteiger partial charge in [-0.1, -0.05) is 0 Å². The molecule has 1 aliphatic heterocycles. The molecule has 11 heavy (non-hydrogen) atoms. The number of nitrogens with one attached hydrogen (secondary N) is 2. The highest BCUT2D eigenvalue weighted by molar-refractivity contribution is 6.07. The van der Waals surface area contributed by atoms with Gasteiger partial charge in [0.25, 0.3) is 0 Å². The van der Waals surface area contributed by atoms with Crippen molar-refractivity contribution in [2.45, 2.75) is 19.8 Å². The maximum atomic E-state index is 11.1. The van der Waals surface area contributed by atoms with Crippen LogP contribution in [0, 0.1) is 10.8 Å². The second-order valence-corrected chi connectivity index (χ2v) is 2.94. The van der Waals surface area contributed by atoms with E-state index in [1.807, 2.05) is 0 Å². The Kier molecular flexibility index (Phi) is 1.76. The maximum absolute atomic E-state index is 11.1. The number of hydrogen-bond donors (Lipinski definition) is 2. The minimum atomic E-state index is -0.770. The van der Waals surface area contributed by atoms with Gasteiger partial charge in [0.1, 0.15) is 0 Å². The van der Waals surface area contributed by atoms with E-state index in [-0.39, 0.29) is 11.8 Å². The van der Waals surface area contributed by atoms with Gasteiger partial charge in [-0.25, -0.2) is 0 Å². The highest BCUT2D eigenvalue weighted by Crippen LogP contribution is 2.23. The molecule has 1 heterocycles. The van der Waals surface area contributed by atoms with Crippen LogP contribution in [0.25, 0.3) is 0 Å². The van der Waals surface area contributed by atoms with Crippen LogP contribution >= 0.6 is 0 Å². The van der Waals surface area contributed by atoms with E-state index < -0.39 is 5.41 Å². The summed E-state index contributed by atoms with van der Waals surface area (Å²) in [4.78, 5) is 21.7. The van der Waals surface area contributed by atoms with E-state index in [2.05, 4.69) is 5.32 Å². The predicted molar refractivity (Wildman–Crippen MR) is 39.3 cm³/mol. The van der Waals surface area contributed by atoms with Crippen molar-refractivity contribution in [1.29, 1.82) is 5.41 Å². The summed E-state index contributed by atoms with van der Waals surface area (Å²) in [6.45, 7) is 1.65. The maximum Gasteiger partial charge on any atom is 0.237 e. The third kappa shape index (κ3) is 1.29. The lowest BCUT2D eigenvalue weighted by atomic mass is 9.83. The smallest absolute Gasteiger partial charge is 0.237 e. The average Bonchev–Trinajstić information content (AvgIpc) is 1.98. The van der Waals surface area contributed by atoms with Crippen LogP contribution in [0.2, 0.25) is 0 Å². The fourth-order valence-electron chi connectivity index (χ4n) is 0.956. The minimum absolute atomic E-state index is 0.241. The van der Waals surface area contributed by atoms with Crippen molar-refractivity contribution >= 4 is 18.0 Å². The van der Waals surface area contributed by atoms with Gasteiger partial charge in [-0.2, -0.15) is 0 Å². The summed E-state index contributed by atoms with van der Waals surface area (Å²) in [6.07, 6.45) is 1.87. The molecule has 4 heteroatoms. The number of imide groups is 1. The lowest BCUT2D eigenvalue weighted by molar-refractivity contribution is -0.137. The lowest BCUT2D eigenvalue weighted by Gasteiger charge is -2.26. The first kappa shape index (κ1) is 7.91. The number of carbonyl (C=O) groups excluding carboxylic acids is 2. The van der Waals surface area contributed by atoms with Crippen molar-refractivity contribution in [1.82, 2.24) is 5.32 Å². The third-order valence-electron chi connectivity index (χ3n) is 1.96. The van der Waals surface area contributed by atoms with Crippen LogP contribution in [0.15, 0.2) is 0 Å². The lowest BCUT2D eigenvalue weighted by Crippen LogP contribution is -2.47. The Bertz CT molecular complexity index is 224. The van der Waals surface area contributed by atoms with Crippen molar-refractivity contribution < 1.29 is 9.59 Å². The Morgan fingerprint density at radius 2 is 2.27 bits per heavy atom. The molecule has 1 atom stereocenters. The van der Waals surface area contributed by atoms with Crippen molar-refractivity contribution in [3.8, 4) is 0 Å². The van der Waals surface area contributed by atoms with Gasteiger partial charge in [0.05, 0.1) is 5.41 Å². The topological polar surface area (TPSA) is 70.0 Å². The van der Waals surface area contributed by atoms with Gasteiger partial charge in [-0.3, -0.25) is 14.9 Å². The van der Waals surface area contributed by atoms with E-state index in [1.165, 1.54) is 0 Å². The van der Waals surface area contributed by atoms with E-state index in [0.29, 0.717) is 12.8 Å². The highest BCUT2D eigenvalue weighted by atomic mass is 16.2. The van der Waals surface area contributed by atoms with Crippen molar-refractivity contribution in [2.75, 3.05) is 0 Å². The third-order valence-corrected chi connectivity index (χ3v) is 1.96. The van der Waals surface area contributed by atoms with E-state index >= 15 is 0 Å². The Morgan fingerprint density at radius 3 is 2.73 bits per heavy atom. The molecule has 0 unspecified atom stereocenters. The molecule has 0 radical (unpaired) electrons. The van der Waals surface area contributed by atoms with Crippen molar-refractivity contribution in [2.24, 2.45) is 5.41 Å². The van der Waals surface area contributed by atoms with E-state index in [1.54, 1.807) is 6.92 Å². The molecule has 1 fully saturated rings. The summed E-state index contributed by atoms with van der Waals surface area (Å²) in [7, 11) is 0. The van der Waals surface area contributed by atoms with Crippen LogP contribution in [0.1, 0.15) is 19.8 Å². The minimum Gasteiger partial charge on any atom is -0.312 e. The quantitative estimate of drug-likeness (QED) is 0.414. The molecule has 2 N–H and O–H groups in total. The van der Waals surface area contributed by atoms with Gasteiger partial charge in [-0.05, 0) is 13.3 Å². The summed E-state index contributed by atoms with van der Waals surface area (Å²) < 4.78 is 0. The molecule has 0 spiro atoms. The van der Waals surface area contributed by atoms with Gasteiger partial charge >= 0.3 is 0 Å². The predicted octanol–water partition coefficient (Wildman–Crippen LogP) is 0.0789. The fraction of sp³-hybridized carbons (Fsp3) is 0.571. The molecule has 0 bridgehead atoms. The summed E-state index contributed by atoms with van der Waals surface area (Å²) in [5.74, 6) is -0.599. The van der Waals surface area contributed by atoms with E-state index in [4.69, 9.17) is 5.41 Å². The van der Waals surface area contributed by atoms with Gasteiger partial charge in [0, 0.05) is 12.6 Å². The summed E-state index contributed by atoms with van der Waals surface area (Å²) in [5, 5.41) is 9.18. The SMILES string of the molecule is C[C@@]1(C=N)CCC(=O)NC1=O. The van der Waals surface area contributed by atoms with Gasteiger partial charge in [0.15, 0.2) is 0 Å². The Labute approximate surface area is 64.5 Å². The van der Waals surface area contributed by atoms with Crippen LogP contribution < -0.4 is 5.32 Å². The van der Waals surface area contributed by atoms with Gasteiger partial charge in [-0.15, -0.1) is 0 Å². The molecule has 0 aliphatic carbocycles. The molecule has 1 rings (SSSR count). The Morgan fingerprint density at radius 1 is 1.64 bits per heavy atom. The Balaban J connectivity index is 2.79. The molecule has 60 valence electrons. The van der Waals surface area contributed by atoms with Crippen LogP contribution in [0.3, 0.4) is 0 Å². The largest absolute Gasteiger partial charge is 0.312 e. The first-order valence-corrected chi connectivity index (χ1v) is 3.44. The number of hydrogen-bond acceptors (Lipinski definition) is 3. The first-order valence-electron chi connectivity index (χ1n) is 3.44. The number of rotatable bonds is 1. The van der Waals surface area contributed by atoms with Gasteiger partial charge in [0.2, 0.25) is 11.8 Å². The van der Waals surface area contributed by atoms with E-state index in [0.717, 1.165) is 6.21 Å². The van der Waals surface area contributed by atoms with Crippen LogP contribution in [-0.2, 0) is 9.59 Å². The van der Waals surface area contributed by atoms with Gasteiger partial charge < -0.3 is 5.41 Å². The molecule has 0 aromatic rings. The normalized spacial score (nSPS) is 31.4. The highest BCUT2D eigenvalue weighted by Gasteiger charge is 2.36. The fourth-order valence-corrected chi connectivity index (χ4v) is 0.956. The molecular weight excluding hydrogens is 144 g/mol. The molecule has 0 aromatic carbocycles. The summed E-state index contributed by atoms with van der Waals surface area (Å²) >= 11 is 0. The van der Waals surface area contributed by atoms with E-state index in [9.17, 15) is 9.59 Å². The molecule has 0 aromatic heterocycles. The zero-order chi connectivity index (χ0) is 8.48. The molecule has 2 amide bonds. The van der Waals surface area contributed by atoms with Crippen LogP contribution in [0.4, 0.5) is 0 Å². The monoisotopic (exact) mass is 154 g/mol. The van der Waals surface area contributed by atoms with Crippen molar-refractivity contribution in [3.05, 3.63) is 0 Å². The first-order chi connectivity index (χ1) is 5.08. The second kappa shape index (κ2) is 2.45. The zero-order valence-corrected chi connectivity index (χ0v) is 6.31. The summed E-state index contributed by atoms with van der Waals surface area (Å²) in [6, 6.07) is 0. The second-order valence-electron chi connectivity index (χ2n) is 2.94. The molecule has 1 aliphatic rings. The Hall–Kier alpha value is -1.19. The number of carbonyl (C=O) groups is 2. The molecule has 4 nitrogen and oxygen atoms in total. The standard InChI is InChI=1S/C7H10N2O2/c1-7(4-8)3-2-5(10)9-6(7)11/h4,8H,2-3H2,1H3,(H,9,10,11)/t7-/m0/s1. The van der Waals surface area contributed by atoms with Crippen LogP contribution in [-0.4, -0.2) is 18.0 Å². The zero-order valence-electron chi connectivity index (χ0n) is 6.31. The number of amides is 2. The molecule has 0 saturated carbocycles. The van der Waals surface area contributed by atoms with Crippen LogP contribution in [0.5, 0.6) is 0 Å². The molecule has 1 saturated heterocycles.